The number of nitrogens with zero attached hydrogens (tertiary/aromatic N) is 2. The van der Waals surface area contributed by atoms with Crippen molar-refractivity contribution in [3.05, 3.63) is 99.0 Å². The number of likely N-dealkylation sites (tertiary alicyclic amines) is 1. The summed E-state index contributed by atoms with van der Waals surface area (Å²) in [5, 5.41) is 29.6. The van der Waals surface area contributed by atoms with Crippen molar-refractivity contribution in [1.29, 1.82) is 5.26 Å². The van der Waals surface area contributed by atoms with E-state index < -0.39 is 35.4 Å². The van der Waals surface area contributed by atoms with Crippen LogP contribution in [0.15, 0.2) is 66.7 Å². The lowest BCUT2D eigenvalue weighted by Gasteiger charge is -2.63. The van der Waals surface area contributed by atoms with Gasteiger partial charge in [0, 0.05) is 53.1 Å². The van der Waals surface area contributed by atoms with Crippen molar-refractivity contribution in [3.63, 3.8) is 0 Å². The van der Waals surface area contributed by atoms with E-state index in [0.717, 1.165) is 36.8 Å². The molecule has 0 unspecified atom stereocenters. The van der Waals surface area contributed by atoms with E-state index in [-0.39, 0.29) is 60.4 Å². The van der Waals surface area contributed by atoms with E-state index in [1.165, 1.54) is 4.90 Å². The number of aliphatic hydroxyl groups excluding tert-OH is 1. The van der Waals surface area contributed by atoms with Crippen molar-refractivity contribution in [2.45, 2.75) is 124 Å². The second-order valence-electron chi connectivity index (χ2n) is 18.9. The molecule has 4 amide bonds. The monoisotopic (exact) mass is 889 g/mol. The Morgan fingerprint density at radius 3 is 2.21 bits per heavy atom. The summed E-state index contributed by atoms with van der Waals surface area (Å²) in [6.07, 6.45) is 2.35. The highest BCUT2D eigenvalue weighted by Crippen LogP contribution is 2.55. The van der Waals surface area contributed by atoms with Gasteiger partial charge in [0.05, 0.1) is 22.7 Å². The summed E-state index contributed by atoms with van der Waals surface area (Å²) >= 11 is 12.2. The smallest absolute Gasteiger partial charge is 0.251 e. The Kier molecular flexibility index (Phi) is 15.8. The molecule has 3 aromatic carbocycles. The van der Waals surface area contributed by atoms with E-state index in [0.29, 0.717) is 33.5 Å². The van der Waals surface area contributed by atoms with Crippen molar-refractivity contribution < 1.29 is 33.8 Å². The van der Waals surface area contributed by atoms with Gasteiger partial charge in [-0.2, -0.15) is 5.26 Å². The summed E-state index contributed by atoms with van der Waals surface area (Å²) in [5.74, 6) is -0.826. The van der Waals surface area contributed by atoms with E-state index in [9.17, 15) is 29.5 Å². The minimum absolute atomic E-state index is 0.0147. The van der Waals surface area contributed by atoms with Crippen LogP contribution in [-0.4, -0.2) is 83.7 Å². The number of aliphatic hydroxyl groups is 1. The van der Waals surface area contributed by atoms with Gasteiger partial charge in [0.2, 0.25) is 17.7 Å². The maximum Gasteiger partial charge on any atom is 0.251 e. The van der Waals surface area contributed by atoms with Gasteiger partial charge in [0.25, 0.3) is 5.91 Å². The summed E-state index contributed by atoms with van der Waals surface area (Å²) in [6.45, 7) is 15.8. The quantitative estimate of drug-likeness (QED) is 0.101. The fourth-order valence-electron chi connectivity index (χ4n) is 8.98. The Hall–Kier alpha value is -4.67. The van der Waals surface area contributed by atoms with Crippen molar-refractivity contribution in [2.75, 3.05) is 19.8 Å². The molecule has 2 fully saturated rings. The summed E-state index contributed by atoms with van der Waals surface area (Å²) < 4.78 is 12.0. The number of hydrogen-bond donors (Lipinski definition) is 4. The average molecular weight is 891 g/mol. The summed E-state index contributed by atoms with van der Waals surface area (Å²) in [4.78, 5) is 55.1. The van der Waals surface area contributed by atoms with E-state index in [4.69, 9.17) is 32.7 Å². The predicted molar refractivity (Wildman–Crippen MR) is 240 cm³/mol. The van der Waals surface area contributed by atoms with Crippen molar-refractivity contribution in [1.82, 2.24) is 20.9 Å². The molecule has 0 radical (unpaired) electrons. The molecule has 62 heavy (non-hydrogen) atoms. The molecule has 4 N–H and O–H groups in total. The first-order valence-corrected chi connectivity index (χ1v) is 22.1. The molecule has 334 valence electrons. The van der Waals surface area contributed by atoms with Gasteiger partial charge >= 0.3 is 0 Å². The number of amides is 4. The number of ether oxygens (including phenoxy) is 2. The lowest BCUT2D eigenvalue weighted by molar-refractivity contribution is -0.164. The van der Waals surface area contributed by atoms with E-state index in [1.54, 1.807) is 30.3 Å². The standard InChI is InChI=1S/C48H61Cl2N5O7/c1-29(31-17-20-34(49)21-18-31)52-42(59)38-24-35(56)27-55(38)43(60)40(46(2,3)4)53-39(57)28-61-23-11-9-10-12-30-13-15-32(16-14-30)41(58)54-44-47(5,6)45(48(44,7)8)62-36-22-19-33(26-51)37(50)25-36/h13-22,25,29,35,38,40,44-45,56H,9-12,23-24,27-28H2,1-8H3,(H,52,59)(H,53,57)(H,54,58)/t29-,35+,38-,40+,44?,45?/m0/s1. The fraction of sp³-hybridized carbons (Fsp3) is 0.521. The Morgan fingerprint density at radius 2 is 1.60 bits per heavy atom. The molecule has 1 saturated carbocycles. The molecule has 0 spiro atoms. The van der Waals surface area contributed by atoms with Gasteiger partial charge in [-0.15, -0.1) is 0 Å². The molecule has 12 nitrogen and oxygen atoms in total. The van der Waals surface area contributed by atoms with Crippen molar-refractivity contribution >= 4 is 46.8 Å². The molecular formula is C48H61Cl2N5O7. The van der Waals surface area contributed by atoms with Crippen LogP contribution in [-0.2, 0) is 25.5 Å². The zero-order chi connectivity index (χ0) is 45.6. The third kappa shape index (κ3) is 11.7. The highest BCUT2D eigenvalue weighted by Gasteiger charge is 2.64. The third-order valence-electron chi connectivity index (χ3n) is 12.1. The lowest BCUT2D eigenvalue weighted by Crippen LogP contribution is -2.74. The van der Waals surface area contributed by atoms with E-state index in [2.05, 4.69) is 49.7 Å². The molecule has 1 aliphatic carbocycles. The van der Waals surface area contributed by atoms with Crippen LogP contribution in [0.25, 0.3) is 0 Å². The Balaban J connectivity index is 1.02. The Bertz CT molecular complexity index is 2100. The topological polar surface area (TPSA) is 170 Å². The summed E-state index contributed by atoms with van der Waals surface area (Å²) in [5.41, 5.74) is 1.49. The molecule has 2 aliphatic rings. The number of β-amino-alcohol motifs (C(OH)–C–C–N with tert-alkyl or cyclic N) is 1. The second kappa shape index (κ2) is 20.2. The maximum absolute atomic E-state index is 13.9. The van der Waals surface area contributed by atoms with Gasteiger partial charge < -0.3 is 35.4 Å². The lowest BCUT2D eigenvalue weighted by atomic mass is 9.49. The first kappa shape index (κ1) is 48.4. The van der Waals surface area contributed by atoms with Gasteiger partial charge in [0.1, 0.15) is 36.6 Å². The zero-order valence-corrected chi connectivity index (χ0v) is 38.5. The number of aryl methyl sites for hydroxylation is 1. The minimum Gasteiger partial charge on any atom is -0.489 e. The number of carbonyl (C=O) groups excluding carboxylic acids is 4. The molecule has 5 rings (SSSR count). The van der Waals surface area contributed by atoms with Gasteiger partial charge in [0.15, 0.2) is 0 Å². The number of halogens is 2. The molecular weight excluding hydrogens is 829 g/mol. The first-order chi connectivity index (χ1) is 29.1. The summed E-state index contributed by atoms with van der Waals surface area (Å²) in [6, 6.07) is 19.5. The third-order valence-corrected chi connectivity index (χ3v) is 12.7. The van der Waals surface area contributed by atoms with Crippen LogP contribution in [0.1, 0.15) is 114 Å². The molecule has 4 atom stereocenters. The van der Waals surface area contributed by atoms with Crippen LogP contribution < -0.4 is 20.7 Å². The fourth-order valence-corrected chi connectivity index (χ4v) is 9.31. The van der Waals surface area contributed by atoms with E-state index >= 15 is 0 Å². The number of hydrogen-bond acceptors (Lipinski definition) is 8. The van der Waals surface area contributed by atoms with Crippen LogP contribution in [0.4, 0.5) is 0 Å². The van der Waals surface area contributed by atoms with E-state index in [1.807, 2.05) is 64.1 Å². The highest BCUT2D eigenvalue weighted by molar-refractivity contribution is 6.31. The number of rotatable bonds is 17. The Labute approximate surface area is 376 Å². The normalized spacial score (nSPS) is 21.2. The largest absolute Gasteiger partial charge is 0.489 e. The number of nitriles is 1. The highest BCUT2D eigenvalue weighted by atomic mass is 35.5. The van der Waals surface area contributed by atoms with Crippen LogP contribution in [0, 0.1) is 27.6 Å². The van der Waals surface area contributed by atoms with Crippen molar-refractivity contribution in [3.8, 4) is 11.8 Å². The first-order valence-electron chi connectivity index (χ1n) is 21.3. The molecule has 14 heteroatoms. The predicted octanol–water partition coefficient (Wildman–Crippen LogP) is 7.58. The summed E-state index contributed by atoms with van der Waals surface area (Å²) in [7, 11) is 0. The molecule has 1 heterocycles. The van der Waals surface area contributed by atoms with Crippen LogP contribution in [0.2, 0.25) is 10.0 Å². The van der Waals surface area contributed by atoms with Crippen LogP contribution in [0.5, 0.6) is 5.75 Å². The van der Waals surface area contributed by atoms with Crippen LogP contribution in [0.3, 0.4) is 0 Å². The van der Waals surface area contributed by atoms with Gasteiger partial charge in [-0.25, -0.2) is 0 Å². The molecule has 3 aromatic rings. The number of carbonyl (C=O) groups is 4. The van der Waals surface area contributed by atoms with Crippen LogP contribution >= 0.6 is 23.2 Å². The Morgan fingerprint density at radius 1 is 0.935 bits per heavy atom. The van der Waals surface area contributed by atoms with Gasteiger partial charge in [-0.1, -0.05) is 102 Å². The zero-order valence-electron chi connectivity index (χ0n) is 37.0. The van der Waals surface area contributed by atoms with Gasteiger partial charge in [-0.3, -0.25) is 19.2 Å². The molecule has 0 bridgehead atoms. The number of nitrogens with one attached hydrogen (secondary N) is 3. The maximum atomic E-state index is 13.9. The average Bonchev–Trinajstić information content (AvgIpc) is 3.61. The number of benzene rings is 3. The number of unbranched alkanes of at least 4 members (excludes halogenated alkanes) is 2. The van der Waals surface area contributed by atoms with Gasteiger partial charge in [-0.05, 0) is 79.1 Å². The molecule has 1 aliphatic heterocycles. The molecule has 0 aromatic heterocycles. The second-order valence-corrected chi connectivity index (χ2v) is 19.7. The SMILES string of the molecule is C[C@H](NC(=O)[C@@H]1C[C@@H](O)CN1C(=O)[C@@H](NC(=O)COCCCCCc1ccc(C(=O)NC2C(C)(C)C(Oc3ccc(C#N)c(Cl)c3)C2(C)C)cc1)C(C)(C)C)c1ccc(Cl)cc1. The molecule has 1 saturated heterocycles. The van der Waals surface area contributed by atoms with Crippen molar-refractivity contribution in [2.24, 2.45) is 16.2 Å². The minimum atomic E-state index is -0.948.